The van der Waals surface area contributed by atoms with Gasteiger partial charge in [-0.25, -0.2) is 0 Å². The highest BCUT2D eigenvalue weighted by Crippen LogP contribution is 2.69. The van der Waals surface area contributed by atoms with Gasteiger partial charge in [0.25, 0.3) is 0 Å². The Kier molecular flexibility index (Phi) is 3.51. The second-order valence-corrected chi connectivity index (χ2v) is 9.29. The van der Waals surface area contributed by atoms with E-state index in [1.54, 1.807) is 0 Å². The molecule has 1 N–H and O–H groups in total. The Balaban J connectivity index is 1.83. The minimum atomic E-state index is -0.0570. The van der Waals surface area contributed by atoms with Crippen molar-refractivity contribution in [2.45, 2.75) is 71.8 Å². The minimum absolute atomic E-state index is 0.0570. The van der Waals surface area contributed by atoms with Gasteiger partial charge in [-0.15, -0.1) is 0 Å². The normalized spacial score (nSPS) is 47.3. The molecule has 0 saturated heterocycles. The summed E-state index contributed by atoms with van der Waals surface area (Å²) in [5.74, 6) is 1.14. The molecule has 1 amide bonds. The molecule has 4 rings (SSSR count). The molecule has 20 heavy (non-hydrogen) atoms. The molecule has 114 valence electrons. The van der Waals surface area contributed by atoms with Gasteiger partial charge in [-0.1, -0.05) is 36.7 Å². The number of rotatable bonds is 4. The predicted octanol–water partition coefficient (Wildman–Crippen LogP) is 4.27. The van der Waals surface area contributed by atoms with Gasteiger partial charge < -0.3 is 5.32 Å². The van der Waals surface area contributed by atoms with E-state index in [9.17, 15) is 4.79 Å². The van der Waals surface area contributed by atoms with Crippen molar-refractivity contribution in [2.24, 2.45) is 22.2 Å². The highest BCUT2D eigenvalue weighted by atomic mass is 79.9. The quantitative estimate of drug-likeness (QED) is 0.760. The first kappa shape index (κ1) is 14.9. The average molecular weight is 342 g/mol. The summed E-state index contributed by atoms with van der Waals surface area (Å²) in [6, 6.07) is 0.288. The molecule has 0 aliphatic heterocycles. The zero-order valence-corrected chi connectivity index (χ0v) is 14.7. The summed E-state index contributed by atoms with van der Waals surface area (Å²) < 4.78 is 0. The van der Waals surface area contributed by atoms with Crippen LogP contribution in [0.5, 0.6) is 0 Å². The highest BCUT2D eigenvalue weighted by molar-refractivity contribution is 9.09. The largest absolute Gasteiger partial charge is 0.352 e. The van der Waals surface area contributed by atoms with Gasteiger partial charge in [-0.2, -0.15) is 0 Å². The number of alkyl halides is 1. The maximum Gasteiger partial charge on any atom is 0.226 e. The lowest BCUT2D eigenvalue weighted by molar-refractivity contribution is -0.170. The Labute approximate surface area is 131 Å². The molecule has 0 radical (unpaired) electrons. The van der Waals surface area contributed by atoms with Crippen LogP contribution in [0.3, 0.4) is 0 Å². The Morgan fingerprint density at radius 3 is 2.25 bits per heavy atom. The predicted molar refractivity (Wildman–Crippen MR) is 85.9 cm³/mol. The molecule has 3 heteroatoms. The van der Waals surface area contributed by atoms with E-state index in [2.05, 4.69) is 42.0 Å². The van der Waals surface area contributed by atoms with Crippen LogP contribution in [0.15, 0.2) is 0 Å². The molecule has 3 atom stereocenters. The van der Waals surface area contributed by atoms with Crippen LogP contribution in [0.2, 0.25) is 0 Å². The number of hydrogen-bond donors (Lipinski definition) is 1. The summed E-state index contributed by atoms with van der Waals surface area (Å²) >= 11 is 3.52. The molecule has 4 aliphatic carbocycles. The lowest BCUT2D eigenvalue weighted by Crippen LogP contribution is -2.60. The third-order valence-corrected chi connectivity index (χ3v) is 6.90. The third kappa shape index (κ3) is 2.34. The zero-order valence-electron chi connectivity index (χ0n) is 13.1. The van der Waals surface area contributed by atoms with Crippen LogP contribution in [0, 0.1) is 22.2 Å². The number of carbonyl (C=O) groups is 1. The molecule has 0 aromatic rings. The van der Waals surface area contributed by atoms with Gasteiger partial charge in [0.05, 0.1) is 5.41 Å². The molecule has 0 heterocycles. The van der Waals surface area contributed by atoms with Gasteiger partial charge in [0.15, 0.2) is 0 Å². The first-order valence-corrected chi connectivity index (χ1v) is 9.31. The van der Waals surface area contributed by atoms with Crippen molar-refractivity contribution < 1.29 is 4.79 Å². The van der Waals surface area contributed by atoms with E-state index in [0.29, 0.717) is 16.7 Å². The molecular formula is C17H28BrNO. The van der Waals surface area contributed by atoms with Crippen LogP contribution < -0.4 is 5.32 Å². The summed E-state index contributed by atoms with van der Waals surface area (Å²) in [4.78, 5) is 13.0. The summed E-state index contributed by atoms with van der Waals surface area (Å²) in [5, 5.41) is 4.19. The molecule has 0 aromatic carbocycles. The van der Waals surface area contributed by atoms with Crippen molar-refractivity contribution in [3.8, 4) is 0 Å². The Morgan fingerprint density at radius 1 is 1.20 bits per heavy atom. The fourth-order valence-electron chi connectivity index (χ4n) is 6.29. The lowest BCUT2D eigenvalue weighted by Gasteiger charge is -2.64. The number of amides is 1. The molecule has 0 aromatic heterocycles. The maximum atomic E-state index is 13.0. The van der Waals surface area contributed by atoms with Gasteiger partial charge in [0.1, 0.15) is 0 Å². The number of nitrogens with one attached hydrogen (secondary N) is 1. The van der Waals surface area contributed by atoms with Gasteiger partial charge in [0.2, 0.25) is 5.91 Å². The second kappa shape index (κ2) is 4.72. The van der Waals surface area contributed by atoms with Crippen molar-refractivity contribution in [1.82, 2.24) is 5.32 Å². The van der Waals surface area contributed by atoms with E-state index in [1.165, 1.54) is 19.3 Å². The summed E-state index contributed by atoms with van der Waals surface area (Å²) in [6.45, 7) is 7.01. The Bertz CT molecular complexity index is 399. The van der Waals surface area contributed by atoms with E-state index in [4.69, 9.17) is 0 Å². The van der Waals surface area contributed by atoms with Crippen LogP contribution in [0.25, 0.3) is 0 Å². The van der Waals surface area contributed by atoms with Crippen LogP contribution >= 0.6 is 15.9 Å². The smallest absolute Gasteiger partial charge is 0.226 e. The van der Waals surface area contributed by atoms with Gasteiger partial charge in [0, 0.05) is 11.4 Å². The fraction of sp³-hybridized carbons (Fsp3) is 0.941. The first-order valence-electron chi connectivity index (χ1n) is 8.19. The van der Waals surface area contributed by atoms with Crippen molar-refractivity contribution in [3.05, 3.63) is 0 Å². The molecular weight excluding hydrogens is 314 g/mol. The summed E-state index contributed by atoms with van der Waals surface area (Å²) in [5.41, 5.74) is 0.780. The van der Waals surface area contributed by atoms with Crippen molar-refractivity contribution in [3.63, 3.8) is 0 Å². The molecule has 4 bridgehead atoms. The molecule has 4 saturated carbocycles. The third-order valence-electron chi connectivity index (χ3n) is 6.12. The summed E-state index contributed by atoms with van der Waals surface area (Å²) in [6.07, 6.45) is 8.43. The van der Waals surface area contributed by atoms with Crippen LogP contribution in [-0.4, -0.2) is 17.3 Å². The zero-order chi connectivity index (χ0) is 14.6. The SMILES string of the molecule is CCC(CBr)NC(=O)C12CC3CC(C)(CC(C)(C3)C1)C2. The van der Waals surface area contributed by atoms with E-state index >= 15 is 0 Å². The van der Waals surface area contributed by atoms with Crippen molar-refractivity contribution in [1.29, 1.82) is 0 Å². The topological polar surface area (TPSA) is 29.1 Å². The van der Waals surface area contributed by atoms with Gasteiger partial charge >= 0.3 is 0 Å². The average Bonchev–Trinajstić information content (AvgIpc) is 2.31. The van der Waals surface area contributed by atoms with E-state index in [1.807, 2.05) is 0 Å². The van der Waals surface area contributed by atoms with E-state index in [0.717, 1.165) is 36.9 Å². The molecule has 4 fully saturated rings. The number of hydrogen-bond acceptors (Lipinski definition) is 1. The minimum Gasteiger partial charge on any atom is -0.352 e. The van der Waals surface area contributed by atoms with Gasteiger partial charge in [-0.3, -0.25) is 4.79 Å². The first-order chi connectivity index (χ1) is 9.32. The molecule has 3 unspecified atom stereocenters. The monoisotopic (exact) mass is 341 g/mol. The fourth-order valence-corrected chi connectivity index (χ4v) is 6.91. The Hall–Kier alpha value is -0.0500. The van der Waals surface area contributed by atoms with Crippen LogP contribution in [-0.2, 0) is 4.79 Å². The van der Waals surface area contributed by atoms with Gasteiger partial charge in [-0.05, 0) is 61.7 Å². The van der Waals surface area contributed by atoms with Crippen LogP contribution in [0.4, 0.5) is 0 Å². The maximum absolute atomic E-state index is 13.0. The van der Waals surface area contributed by atoms with Crippen molar-refractivity contribution in [2.75, 3.05) is 5.33 Å². The second-order valence-electron chi connectivity index (χ2n) is 8.64. The molecule has 4 aliphatic rings. The number of halogens is 1. The Morgan fingerprint density at radius 2 is 1.80 bits per heavy atom. The van der Waals surface area contributed by atoms with E-state index in [-0.39, 0.29) is 11.5 Å². The van der Waals surface area contributed by atoms with Crippen LogP contribution in [0.1, 0.15) is 65.7 Å². The summed E-state index contributed by atoms with van der Waals surface area (Å²) in [7, 11) is 0. The lowest BCUT2D eigenvalue weighted by atomic mass is 9.40. The van der Waals surface area contributed by atoms with E-state index < -0.39 is 0 Å². The molecule has 0 spiro atoms. The standard InChI is InChI=1S/C17H28BrNO/c1-4-13(8-18)19-14(20)17-7-12-5-15(2,10-17)9-16(3,6-12)11-17/h12-13H,4-11H2,1-3H3,(H,19,20). The number of carbonyl (C=O) groups excluding carboxylic acids is 1. The highest BCUT2D eigenvalue weighted by Gasteiger charge is 2.62. The van der Waals surface area contributed by atoms with Crippen molar-refractivity contribution >= 4 is 21.8 Å². The molecule has 2 nitrogen and oxygen atoms in total.